The zero-order valence-electron chi connectivity index (χ0n) is 13.1. The summed E-state index contributed by atoms with van der Waals surface area (Å²) >= 11 is 4.87. The standard InChI is InChI=1S/C16H19BrN4OS/c1-10(12-3-5-13(17)6-4-12)18-15(22)9-23-16-20-19-11(2)21(16)14-7-8-14/h3-6,10,14H,7-9H2,1-2H3,(H,18,22)/t10-/m0/s1. The maximum atomic E-state index is 12.2. The molecule has 0 unspecified atom stereocenters. The molecule has 0 bridgehead atoms. The van der Waals surface area contributed by atoms with Crippen molar-refractivity contribution in [2.75, 3.05) is 5.75 Å². The third-order valence-electron chi connectivity index (χ3n) is 3.83. The van der Waals surface area contributed by atoms with Crippen LogP contribution >= 0.6 is 27.7 Å². The van der Waals surface area contributed by atoms with Gasteiger partial charge < -0.3 is 9.88 Å². The van der Waals surface area contributed by atoms with E-state index in [0.717, 1.165) is 21.0 Å². The molecular formula is C16H19BrN4OS. The molecule has 1 saturated carbocycles. The first-order valence-corrected chi connectivity index (χ1v) is 9.41. The predicted molar refractivity (Wildman–Crippen MR) is 94.5 cm³/mol. The van der Waals surface area contributed by atoms with E-state index in [1.807, 2.05) is 38.1 Å². The van der Waals surface area contributed by atoms with Gasteiger partial charge in [0.25, 0.3) is 0 Å². The maximum Gasteiger partial charge on any atom is 0.230 e. The van der Waals surface area contributed by atoms with Gasteiger partial charge in [-0.25, -0.2) is 0 Å². The Labute approximate surface area is 148 Å². The number of thioether (sulfide) groups is 1. The second kappa shape index (κ2) is 7.05. The molecule has 7 heteroatoms. The van der Waals surface area contributed by atoms with Gasteiger partial charge in [-0.15, -0.1) is 10.2 Å². The highest BCUT2D eigenvalue weighted by Crippen LogP contribution is 2.38. The van der Waals surface area contributed by atoms with Gasteiger partial charge >= 0.3 is 0 Å². The summed E-state index contributed by atoms with van der Waals surface area (Å²) in [5, 5.41) is 12.2. The van der Waals surface area contributed by atoms with E-state index in [2.05, 4.69) is 36.0 Å². The van der Waals surface area contributed by atoms with Crippen molar-refractivity contribution in [1.29, 1.82) is 0 Å². The highest BCUT2D eigenvalue weighted by Gasteiger charge is 2.28. The first kappa shape index (κ1) is 16.5. The maximum absolute atomic E-state index is 12.2. The predicted octanol–water partition coefficient (Wildman–Crippen LogP) is 3.65. The van der Waals surface area contributed by atoms with Crippen LogP contribution in [-0.4, -0.2) is 26.4 Å². The number of aryl methyl sites for hydroxylation is 1. The van der Waals surface area contributed by atoms with Crippen molar-refractivity contribution in [3.05, 3.63) is 40.1 Å². The molecule has 1 aromatic carbocycles. The van der Waals surface area contributed by atoms with Crippen molar-refractivity contribution >= 4 is 33.6 Å². The number of hydrogen-bond donors (Lipinski definition) is 1. The molecule has 0 aliphatic heterocycles. The zero-order valence-corrected chi connectivity index (χ0v) is 15.5. The van der Waals surface area contributed by atoms with E-state index in [-0.39, 0.29) is 11.9 Å². The van der Waals surface area contributed by atoms with Crippen LogP contribution in [0, 0.1) is 6.92 Å². The Balaban J connectivity index is 1.54. The van der Waals surface area contributed by atoms with Gasteiger partial charge in [0.15, 0.2) is 5.16 Å². The number of carbonyl (C=O) groups excluding carboxylic acids is 1. The number of aromatic nitrogens is 3. The highest BCUT2D eigenvalue weighted by molar-refractivity contribution is 9.10. The molecule has 5 nitrogen and oxygen atoms in total. The fraction of sp³-hybridized carbons (Fsp3) is 0.438. The minimum Gasteiger partial charge on any atom is -0.349 e. The number of nitrogens with zero attached hydrogens (tertiary/aromatic N) is 3. The second-order valence-electron chi connectivity index (χ2n) is 5.76. The molecule has 1 amide bonds. The SMILES string of the molecule is Cc1nnc(SCC(=O)N[C@@H](C)c2ccc(Br)cc2)n1C1CC1. The molecular weight excluding hydrogens is 376 g/mol. The average molecular weight is 395 g/mol. The van der Waals surface area contributed by atoms with Crippen molar-refractivity contribution < 1.29 is 4.79 Å². The molecule has 1 aliphatic carbocycles. The Morgan fingerprint density at radius 2 is 2.09 bits per heavy atom. The molecule has 23 heavy (non-hydrogen) atoms. The third kappa shape index (κ3) is 4.14. The topological polar surface area (TPSA) is 59.8 Å². The first-order valence-electron chi connectivity index (χ1n) is 7.63. The van der Waals surface area contributed by atoms with E-state index in [1.54, 1.807) is 0 Å². The summed E-state index contributed by atoms with van der Waals surface area (Å²) in [6.07, 6.45) is 2.36. The number of carbonyl (C=O) groups is 1. The molecule has 1 aliphatic rings. The number of benzene rings is 1. The summed E-state index contributed by atoms with van der Waals surface area (Å²) in [7, 11) is 0. The van der Waals surface area contributed by atoms with E-state index in [9.17, 15) is 4.79 Å². The first-order chi connectivity index (χ1) is 11.0. The fourth-order valence-corrected chi connectivity index (χ4v) is 3.58. The largest absolute Gasteiger partial charge is 0.349 e. The summed E-state index contributed by atoms with van der Waals surface area (Å²) in [6, 6.07) is 8.49. The van der Waals surface area contributed by atoms with Crippen LogP contribution in [0.4, 0.5) is 0 Å². The van der Waals surface area contributed by atoms with Crippen LogP contribution in [0.1, 0.15) is 43.2 Å². The second-order valence-corrected chi connectivity index (χ2v) is 7.62. The molecule has 1 heterocycles. The lowest BCUT2D eigenvalue weighted by molar-refractivity contribution is -0.119. The van der Waals surface area contributed by atoms with E-state index in [1.165, 1.54) is 24.6 Å². The normalized spacial score (nSPS) is 15.4. The van der Waals surface area contributed by atoms with Gasteiger partial charge in [0.1, 0.15) is 5.82 Å². The molecule has 3 rings (SSSR count). The summed E-state index contributed by atoms with van der Waals surface area (Å²) in [5.74, 6) is 1.29. The quantitative estimate of drug-likeness (QED) is 0.759. The average Bonchev–Trinajstić information content (AvgIpc) is 3.29. The van der Waals surface area contributed by atoms with Crippen LogP contribution in [0.2, 0.25) is 0 Å². The minimum atomic E-state index is -0.0146. The van der Waals surface area contributed by atoms with Gasteiger partial charge in [-0.1, -0.05) is 39.8 Å². The van der Waals surface area contributed by atoms with Gasteiger partial charge in [-0.05, 0) is 44.4 Å². The molecule has 122 valence electrons. The number of rotatable bonds is 6. The van der Waals surface area contributed by atoms with Gasteiger partial charge in [0.2, 0.25) is 5.91 Å². The lowest BCUT2D eigenvalue weighted by Gasteiger charge is -2.14. The van der Waals surface area contributed by atoms with Crippen molar-refractivity contribution in [1.82, 2.24) is 20.1 Å². The number of amides is 1. The summed E-state index contributed by atoms with van der Waals surface area (Å²) < 4.78 is 3.18. The highest BCUT2D eigenvalue weighted by atomic mass is 79.9. The minimum absolute atomic E-state index is 0.00780. The van der Waals surface area contributed by atoms with Crippen molar-refractivity contribution in [3.63, 3.8) is 0 Å². The Hall–Kier alpha value is -1.34. The van der Waals surface area contributed by atoms with Crippen LogP contribution in [0.5, 0.6) is 0 Å². The number of hydrogen-bond acceptors (Lipinski definition) is 4. The van der Waals surface area contributed by atoms with E-state index in [4.69, 9.17) is 0 Å². The fourth-order valence-electron chi connectivity index (χ4n) is 2.45. The van der Waals surface area contributed by atoms with Crippen molar-refractivity contribution in [2.45, 2.75) is 43.9 Å². The Kier molecular flexibility index (Phi) is 5.06. The number of nitrogens with one attached hydrogen (secondary N) is 1. The van der Waals surface area contributed by atoms with Crippen LogP contribution in [-0.2, 0) is 4.79 Å². The van der Waals surface area contributed by atoms with E-state index in [0.29, 0.717) is 11.8 Å². The molecule has 0 spiro atoms. The summed E-state index contributed by atoms with van der Waals surface area (Å²) in [6.45, 7) is 3.95. The molecule has 1 fully saturated rings. The molecule has 1 N–H and O–H groups in total. The van der Waals surface area contributed by atoms with Gasteiger partial charge in [-0.2, -0.15) is 0 Å². The molecule has 1 aromatic heterocycles. The van der Waals surface area contributed by atoms with Crippen LogP contribution in [0.3, 0.4) is 0 Å². The lowest BCUT2D eigenvalue weighted by Crippen LogP contribution is -2.28. The molecule has 2 aromatic rings. The van der Waals surface area contributed by atoms with Gasteiger partial charge in [0.05, 0.1) is 11.8 Å². The molecule has 0 saturated heterocycles. The van der Waals surface area contributed by atoms with Crippen LogP contribution in [0.15, 0.2) is 33.9 Å². The van der Waals surface area contributed by atoms with Crippen molar-refractivity contribution in [3.8, 4) is 0 Å². The van der Waals surface area contributed by atoms with Gasteiger partial charge in [-0.3, -0.25) is 4.79 Å². The van der Waals surface area contributed by atoms with Gasteiger partial charge in [0, 0.05) is 10.5 Å². The summed E-state index contributed by atoms with van der Waals surface area (Å²) in [4.78, 5) is 12.2. The monoisotopic (exact) mass is 394 g/mol. The Morgan fingerprint density at radius 3 is 2.74 bits per heavy atom. The lowest BCUT2D eigenvalue weighted by atomic mass is 10.1. The number of halogens is 1. The van der Waals surface area contributed by atoms with Crippen LogP contribution in [0.25, 0.3) is 0 Å². The molecule has 0 radical (unpaired) electrons. The van der Waals surface area contributed by atoms with Crippen LogP contribution < -0.4 is 5.32 Å². The Bertz CT molecular complexity index is 697. The summed E-state index contributed by atoms with van der Waals surface area (Å²) in [5.41, 5.74) is 1.09. The smallest absolute Gasteiger partial charge is 0.230 e. The Morgan fingerprint density at radius 1 is 1.39 bits per heavy atom. The zero-order chi connectivity index (χ0) is 16.4. The van der Waals surface area contributed by atoms with E-state index >= 15 is 0 Å². The van der Waals surface area contributed by atoms with E-state index < -0.39 is 0 Å². The third-order valence-corrected chi connectivity index (χ3v) is 5.30. The van der Waals surface area contributed by atoms with Crippen molar-refractivity contribution in [2.24, 2.45) is 0 Å². The molecule has 1 atom stereocenters.